The molecular weight excluding hydrogens is 1020 g/mol. The zero-order chi connectivity index (χ0) is 59.9. The lowest BCUT2D eigenvalue weighted by Crippen LogP contribution is -2.30. The van der Waals surface area contributed by atoms with Crippen molar-refractivity contribution in [2.24, 2.45) is 0 Å². The van der Waals surface area contributed by atoms with Crippen LogP contribution in [0.5, 0.6) is 0 Å². The zero-order valence-electron chi connectivity index (χ0n) is 54.4. The van der Waals surface area contributed by atoms with E-state index in [-0.39, 0.29) is 37.5 Å². The average Bonchev–Trinajstić information content (AvgIpc) is 3.49. The second kappa shape index (κ2) is 70.3. The second-order valence-corrected chi connectivity index (χ2v) is 23.0. The molecule has 0 N–H and O–H groups in total. The third-order valence-electron chi connectivity index (χ3n) is 14.9. The summed E-state index contributed by atoms with van der Waals surface area (Å²) < 4.78 is 16.9. The molecule has 0 saturated heterocycles. The summed E-state index contributed by atoms with van der Waals surface area (Å²) in [6, 6.07) is 0. The van der Waals surface area contributed by atoms with Gasteiger partial charge in [-0.25, -0.2) is 0 Å². The molecule has 0 aromatic heterocycles. The first kappa shape index (κ1) is 78.8. The molecule has 0 rings (SSSR count). The molecule has 0 aliphatic heterocycles. The summed E-state index contributed by atoms with van der Waals surface area (Å²) in [4.78, 5) is 38.5. The first-order valence-corrected chi connectivity index (χ1v) is 35.0. The van der Waals surface area contributed by atoms with Crippen LogP contribution in [-0.2, 0) is 28.6 Å². The highest BCUT2D eigenvalue weighted by atomic mass is 16.6. The van der Waals surface area contributed by atoms with Crippen molar-refractivity contribution >= 4 is 17.9 Å². The number of ether oxygens (including phenoxy) is 3. The van der Waals surface area contributed by atoms with E-state index in [4.69, 9.17) is 14.2 Å². The lowest BCUT2D eigenvalue weighted by atomic mass is 10.0. The van der Waals surface area contributed by atoms with Crippen LogP contribution in [0.15, 0.2) is 122 Å². The SMILES string of the molecule is CC/C=C\C/C=C\C/C=C\C/C=C\C/C=C\CCCC(=O)OCC(COC(=O)CCCCCCCCCCCCCCC/C=C\CCCCCCCCCC)OC(=O)CCCCCCCCCCCC/C=C\C/C=C\C/C=C\C/C=C\CC. The molecule has 0 aliphatic rings. The predicted molar refractivity (Wildman–Crippen MR) is 362 cm³/mol. The van der Waals surface area contributed by atoms with Crippen molar-refractivity contribution in [1.29, 1.82) is 0 Å². The summed E-state index contributed by atoms with van der Waals surface area (Å²) in [6.45, 7) is 6.40. The molecule has 6 nitrogen and oxygen atoms in total. The van der Waals surface area contributed by atoms with Crippen molar-refractivity contribution in [1.82, 2.24) is 0 Å². The molecule has 474 valence electrons. The lowest BCUT2D eigenvalue weighted by Gasteiger charge is -2.18. The minimum Gasteiger partial charge on any atom is -0.462 e. The predicted octanol–water partition coefficient (Wildman–Crippen LogP) is 24.3. The van der Waals surface area contributed by atoms with Gasteiger partial charge in [-0.2, -0.15) is 0 Å². The van der Waals surface area contributed by atoms with E-state index in [1.54, 1.807) is 0 Å². The molecule has 0 radical (unpaired) electrons. The smallest absolute Gasteiger partial charge is 0.306 e. The van der Waals surface area contributed by atoms with Crippen LogP contribution >= 0.6 is 0 Å². The van der Waals surface area contributed by atoms with Crippen LogP contribution in [-0.4, -0.2) is 37.2 Å². The maximum atomic E-state index is 13.0. The summed E-state index contributed by atoms with van der Waals surface area (Å²) in [7, 11) is 0. The van der Waals surface area contributed by atoms with Gasteiger partial charge in [0.2, 0.25) is 0 Å². The molecule has 0 amide bonds. The monoisotopic (exact) mass is 1150 g/mol. The quantitative estimate of drug-likeness (QED) is 0.0261. The van der Waals surface area contributed by atoms with Gasteiger partial charge in [0, 0.05) is 19.3 Å². The third kappa shape index (κ3) is 68.5. The molecule has 0 saturated carbocycles. The highest BCUT2D eigenvalue weighted by Crippen LogP contribution is 2.17. The molecule has 0 spiro atoms. The number of hydrogen-bond donors (Lipinski definition) is 0. The Bertz CT molecular complexity index is 1700. The van der Waals surface area contributed by atoms with Crippen molar-refractivity contribution in [3.8, 4) is 0 Å². The van der Waals surface area contributed by atoms with Crippen molar-refractivity contribution in [3.63, 3.8) is 0 Å². The highest BCUT2D eigenvalue weighted by Gasteiger charge is 2.19. The van der Waals surface area contributed by atoms with E-state index in [2.05, 4.69) is 142 Å². The van der Waals surface area contributed by atoms with Crippen LogP contribution < -0.4 is 0 Å². The van der Waals surface area contributed by atoms with Gasteiger partial charge < -0.3 is 14.2 Å². The van der Waals surface area contributed by atoms with E-state index >= 15 is 0 Å². The molecule has 0 heterocycles. The Hall–Kier alpha value is -4.19. The standard InChI is InChI=1S/C77H130O6/c1-4-7-10-13-16-19-22-25-28-31-33-35-37-38-40-41-43-46-49-52-55-58-61-64-67-70-76(79)82-73-74(72-81-75(78)69-66-63-60-57-54-51-48-45-30-27-24-21-18-15-12-9-6-3)83-77(80)71-68-65-62-59-56-53-50-47-44-42-39-36-34-32-29-26-23-20-17-14-11-8-5-2/h8-9,11-12,17-18,20-21,26-27,29-31,33-34,36,48,51,57,60,74H,4-7,10,13-16,19,22-25,28,32,35,37-47,49-50,52-56,58-59,61-73H2,1-3H3/b11-8-,12-9-,20-17-,21-18-,29-26-,30-27-,33-31-,36-34-,51-48-,60-57-. The number of allylic oxidation sites excluding steroid dienone is 20. The van der Waals surface area contributed by atoms with Gasteiger partial charge in [0.1, 0.15) is 13.2 Å². The lowest BCUT2D eigenvalue weighted by molar-refractivity contribution is -0.167. The first-order valence-electron chi connectivity index (χ1n) is 35.0. The molecule has 1 unspecified atom stereocenters. The molecular formula is C77H130O6. The van der Waals surface area contributed by atoms with Crippen molar-refractivity contribution < 1.29 is 28.6 Å². The fourth-order valence-corrected chi connectivity index (χ4v) is 9.76. The maximum absolute atomic E-state index is 13.0. The molecule has 0 bridgehead atoms. The Morgan fingerprint density at radius 1 is 0.253 bits per heavy atom. The fraction of sp³-hybridized carbons (Fsp3) is 0.701. The largest absolute Gasteiger partial charge is 0.462 e. The Labute approximate surface area is 513 Å². The van der Waals surface area contributed by atoms with Crippen LogP contribution in [0.4, 0.5) is 0 Å². The van der Waals surface area contributed by atoms with Gasteiger partial charge >= 0.3 is 17.9 Å². The highest BCUT2D eigenvalue weighted by molar-refractivity contribution is 5.71. The summed E-state index contributed by atoms with van der Waals surface area (Å²) in [5.41, 5.74) is 0. The Balaban J connectivity index is 4.40. The number of esters is 3. The number of carbonyl (C=O) groups is 3. The number of rotatable bonds is 63. The average molecular weight is 1150 g/mol. The van der Waals surface area contributed by atoms with E-state index in [0.29, 0.717) is 19.3 Å². The number of unbranched alkanes of at least 4 members (excludes halogenated alkanes) is 32. The second-order valence-electron chi connectivity index (χ2n) is 23.0. The molecule has 83 heavy (non-hydrogen) atoms. The Kier molecular flexibility index (Phi) is 66.7. The minimum atomic E-state index is -0.809. The topological polar surface area (TPSA) is 78.9 Å². The van der Waals surface area contributed by atoms with Gasteiger partial charge in [-0.1, -0.05) is 309 Å². The zero-order valence-corrected chi connectivity index (χ0v) is 54.4. The fourth-order valence-electron chi connectivity index (χ4n) is 9.76. The van der Waals surface area contributed by atoms with Crippen LogP contribution in [0.25, 0.3) is 0 Å². The summed E-state index contributed by atoms with van der Waals surface area (Å²) in [5.74, 6) is -0.953. The van der Waals surface area contributed by atoms with Gasteiger partial charge in [0.15, 0.2) is 6.10 Å². The van der Waals surface area contributed by atoms with E-state index < -0.39 is 6.10 Å². The van der Waals surface area contributed by atoms with Crippen LogP contribution in [0.1, 0.15) is 329 Å². The Morgan fingerprint density at radius 3 is 0.795 bits per heavy atom. The first-order chi connectivity index (χ1) is 41.0. The van der Waals surface area contributed by atoms with Gasteiger partial charge in [-0.05, 0) is 122 Å². The van der Waals surface area contributed by atoms with E-state index in [1.165, 1.54) is 180 Å². The summed E-state index contributed by atoms with van der Waals surface area (Å²) >= 11 is 0. The van der Waals surface area contributed by atoms with Crippen molar-refractivity contribution in [2.45, 2.75) is 335 Å². The van der Waals surface area contributed by atoms with Gasteiger partial charge in [0.25, 0.3) is 0 Å². The van der Waals surface area contributed by atoms with E-state index in [0.717, 1.165) is 103 Å². The molecule has 0 aromatic carbocycles. The van der Waals surface area contributed by atoms with Gasteiger partial charge in [-0.3, -0.25) is 14.4 Å². The van der Waals surface area contributed by atoms with Crippen LogP contribution in [0, 0.1) is 0 Å². The minimum absolute atomic E-state index is 0.0981. The molecule has 1 atom stereocenters. The number of hydrogen-bond acceptors (Lipinski definition) is 6. The number of carbonyl (C=O) groups excluding carboxylic acids is 3. The molecule has 0 aliphatic carbocycles. The maximum Gasteiger partial charge on any atom is 0.306 e. The van der Waals surface area contributed by atoms with E-state index in [1.807, 2.05) is 0 Å². The van der Waals surface area contributed by atoms with Crippen molar-refractivity contribution in [3.05, 3.63) is 122 Å². The van der Waals surface area contributed by atoms with Gasteiger partial charge in [-0.15, -0.1) is 0 Å². The summed E-state index contributed by atoms with van der Waals surface area (Å²) in [5, 5.41) is 0. The molecule has 6 heteroatoms. The summed E-state index contributed by atoms with van der Waals surface area (Å²) in [6.07, 6.45) is 98.0. The molecule has 0 fully saturated rings. The van der Waals surface area contributed by atoms with Crippen LogP contribution in [0.3, 0.4) is 0 Å². The van der Waals surface area contributed by atoms with Gasteiger partial charge in [0.05, 0.1) is 0 Å². The molecule has 0 aromatic rings. The van der Waals surface area contributed by atoms with E-state index in [9.17, 15) is 14.4 Å². The Morgan fingerprint density at radius 2 is 0.482 bits per heavy atom. The van der Waals surface area contributed by atoms with Crippen molar-refractivity contribution in [2.75, 3.05) is 13.2 Å². The van der Waals surface area contributed by atoms with Crippen LogP contribution in [0.2, 0.25) is 0 Å². The third-order valence-corrected chi connectivity index (χ3v) is 14.9. The normalized spacial score (nSPS) is 12.9.